The van der Waals surface area contributed by atoms with Crippen LogP contribution in [0.1, 0.15) is 31.5 Å². The van der Waals surface area contributed by atoms with Crippen molar-refractivity contribution >= 4 is 74.9 Å². The lowest BCUT2D eigenvalue weighted by atomic mass is 9.98. The van der Waals surface area contributed by atoms with Gasteiger partial charge in [0.25, 0.3) is 5.91 Å². The van der Waals surface area contributed by atoms with E-state index in [1.807, 2.05) is 36.4 Å². The highest BCUT2D eigenvalue weighted by Crippen LogP contribution is 2.38. The van der Waals surface area contributed by atoms with Gasteiger partial charge < -0.3 is 15.7 Å². The molecule has 0 saturated heterocycles. The summed E-state index contributed by atoms with van der Waals surface area (Å²) >= 11 is 13.6. The van der Waals surface area contributed by atoms with Crippen LogP contribution in [0.25, 0.3) is 10.8 Å². The maximum atomic E-state index is 13.5. The lowest BCUT2D eigenvalue weighted by molar-refractivity contribution is -0.115. The highest BCUT2D eigenvalue weighted by atomic mass is 35.5. The van der Waals surface area contributed by atoms with Gasteiger partial charge in [-0.25, -0.2) is 4.79 Å². The third-order valence-electron chi connectivity index (χ3n) is 6.26. The molecule has 2 amide bonds. The maximum absolute atomic E-state index is 13.5. The molecule has 5 aromatic rings. The third kappa shape index (κ3) is 6.55. The maximum Gasteiger partial charge on any atom is 0.336 e. The van der Waals surface area contributed by atoms with Gasteiger partial charge in [-0.05, 0) is 59.5 Å². The molecular weight excluding hydrogens is 579 g/mol. The predicted octanol–water partition coefficient (Wildman–Crippen LogP) is 8.57. The lowest BCUT2D eigenvalue weighted by Crippen LogP contribution is -2.19. The average Bonchev–Trinajstić information content (AvgIpc) is 2.97. The molecule has 0 heterocycles. The first-order valence-corrected chi connectivity index (χ1v) is 14.1. The number of rotatable bonds is 8. The summed E-state index contributed by atoms with van der Waals surface area (Å²) in [5.74, 6) is -1.84. The number of nitrogens with one attached hydrogen (secondary N) is 2. The zero-order valence-corrected chi connectivity index (χ0v) is 23.6. The molecule has 0 aliphatic heterocycles. The molecule has 204 valence electrons. The number of fused-ring (bicyclic) bond motifs is 1. The number of thioether (sulfide) groups is 1. The van der Waals surface area contributed by atoms with E-state index in [1.165, 1.54) is 17.8 Å². The number of benzene rings is 5. The molecule has 5 rings (SSSR count). The number of hydrogen-bond donors (Lipinski definition) is 3. The van der Waals surface area contributed by atoms with E-state index in [4.69, 9.17) is 23.2 Å². The van der Waals surface area contributed by atoms with Crippen molar-refractivity contribution in [2.75, 3.05) is 10.6 Å². The molecule has 5 aromatic carbocycles. The smallest absolute Gasteiger partial charge is 0.336 e. The van der Waals surface area contributed by atoms with Crippen LogP contribution in [0.2, 0.25) is 10.0 Å². The van der Waals surface area contributed by atoms with Gasteiger partial charge in [0.2, 0.25) is 5.91 Å². The summed E-state index contributed by atoms with van der Waals surface area (Å²) in [5, 5.41) is 16.6. The summed E-state index contributed by atoms with van der Waals surface area (Å²) in [6.45, 7) is 0. The summed E-state index contributed by atoms with van der Waals surface area (Å²) in [4.78, 5) is 39.4. The Morgan fingerprint density at radius 1 is 0.732 bits per heavy atom. The van der Waals surface area contributed by atoms with Crippen LogP contribution in [-0.2, 0) is 4.79 Å². The van der Waals surface area contributed by atoms with Gasteiger partial charge in [0.05, 0.1) is 16.3 Å². The number of carboxylic acid groups (broad SMARTS) is 1. The van der Waals surface area contributed by atoms with E-state index in [9.17, 15) is 19.5 Å². The Hall–Kier alpha value is -4.30. The molecule has 1 unspecified atom stereocenters. The van der Waals surface area contributed by atoms with Crippen molar-refractivity contribution in [1.82, 2.24) is 0 Å². The van der Waals surface area contributed by atoms with Gasteiger partial charge in [0, 0.05) is 26.6 Å². The fourth-order valence-corrected chi connectivity index (χ4v) is 5.92. The Labute approximate surface area is 250 Å². The van der Waals surface area contributed by atoms with Crippen molar-refractivity contribution in [3.8, 4) is 0 Å². The van der Waals surface area contributed by atoms with Crippen LogP contribution >= 0.6 is 35.0 Å². The van der Waals surface area contributed by atoms with Crippen molar-refractivity contribution in [2.45, 2.75) is 10.1 Å². The fraction of sp³-hybridized carbons (Fsp3) is 0.0312. The minimum atomic E-state index is -1.11. The van der Waals surface area contributed by atoms with Crippen molar-refractivity contribution in [2.24, 2.45) is 0 Å². The molecule has 0 spiro atoms. The lowest BCUT2D eigenvalue weighted by Gasteiger charge is -2.18. The quantitative estimate of drug-likeness (QED) is 0.155. The monoisotopic (exact) mass is 600 g/mol. The summed E-state index contributed by atoms with van der Waals surface area (Å²) in [6.07, 6.45) is 0. The van der Waals surface area contributed by atoms with Gasteiger partial charge in [0.15, 0.2) is 0 Å². The summed E-state index contributed by atoms with van der Waals surface area (Å²) in [5.41, 5.74) is 2.03. The van der Waals surface area contributed by atoms with E-state index in [-0.39, 0.29) is 17.0 Å². The zero-order chi connectivity index (χ0) is 28.9. The number of halogens is 2. The van der Waals surface area contributed by atoms with Crippen LogP contribution < -0.4 is 10.6 Å². The molecule has 0 saturated carbocycles. The molecule has 3 N–H and O–H groups in total. The van der Waals surface area contributed by atoms with E-state index >= 15 is 0 Å². The molecule has 9 heteroatoms. The highest BCUT2D eigenvalue weighted by Gasteiger charge is 2.23. The Morgan fingerprint density at radius 3 is 2.15 bits per heavy atom. The minimum Gasteiger partial charge on any atom is -0.478 e. The Morgan fingerprint density at radius 2 is 1.44 bits per heavy atom. The number of anilines is 2. The first kappa shape index (κ1) is 28.2. The molecule has 0 aliphatic rings. The summed E-state index contributed by atoms with van der Waals surface area (Å²) < 4.78 is 0. The van der Waals surface area contributed by atoms with Crippen LogP contribution in [0.3, 0.4) is 0 Å². The van der Waals surface area contributed by atoms with Crippen LogP contribution in [0.4, 0.5) is 11.4 Å². The SMILES string of the molecule is O=C(O)c1cccc2cccc(C(=O)Nc3cccc(SC(C(=O)Nc4ccc(Cl)cc4Cl)c4ccccc4)c3)c12. The van der Waals surface area contributed by atoms with Crippen molar-refractivity contribution in [3.63, 3.8) is 0 Å². The van der Waals surface area contributed by atoms with Gasteiger partial charge in [-0.2, -0.15) is 0 Å². The number of carbonyl (C=O) groups excluding carboxylic acids is 2. The van der Waals surface area contributed by atoms with E-state index in [0.29, 0.717) is 32.2 Å². The first-order chi connectivity index (χ1) is 19.8. The van der Waals surface area contributed by atoms with E-state index in [1.54, 1.807) is 66.7 Å². The first-order valence-electron chi connectivity index (χ1n) is 12.4. The fourth-order valence-electron chi connectivity index (χ4n) is 4.38. The molecule has 41 heavy (non-hydrogen) atoms. The van der Waals surface area contributed by atoms with Crippen LogP contribution in [0, 0.1) is 0 Å². The molecule has 0 aromatic heterocycles. The molecule has 0 bridgehead atoms. The normalized spacial score (nSPS) is 11.6. The van der Waals surface area contributed by atoms with Gasteiger partial charge in [-0.3, -0.25) is 9.59 Å². The molecular formula is C32H22Cl2N2O4S. The number of carbonyl (C=O) groups is 3. The van der Waals surface area contributed by atoms with Gasteiger partial charge in [0.1, 0.15) is 5.25 Å². The molecule has 0 fully saturated rings. The van der Waals surface area contributed by atoms with Crippen LogP contribution in [0.5, 0.6) is 0 Å². The van der Waals surface area contributed by atoms with E-state index in [0.717, 1.165) is 10.5 Å². The summed E-state index contributed by atoms with van der Waals surface area (Å²) in [7, 11) is 0. The topological polar surface area (TPSA) is 95.5 Å². The Balaban J connectivity index is 1.41. The second-order valence-corrected chi connectivity index (χ2v) is 11.0. The predicted molar refractivity (Wildman–Crippen MR) is 165 cm³/mol. The second-order valence-electron chi connectivity index (χ2n) is 9.02. The minimum absolute atomic E-state index is 0.0510. The summed E-state index contributed by atoms with van der Waals surface area (Å²) in [6, 6.07) is 31.3. The van der Waals surface area contributed by atoms with Gasteiger partial charge in [-0.15, -0.1) is 11.8 Å². The standard InChI is InChI=1S/C32H22Cl2N2O4S/c33-21-15-16-27(26(34)17-21)36-31(38)29(20-7-2-1-3-8-20)41-23-12-6-11-22(18-23)35-30(37)24-13-4-9-19-10-5-14-25(28(19)24)32(39)40/h1-18,29H,(H,35,37)(H,36,38)(H,39,40). The van der Waals surface area contributed by atoms with E-state index in [2.05, 4.69) is 10.6 Å². The third-order valence-corrected chi connectivity index (χ3v) is 8.05. The average molecular weight is 602 g/mol. The van der Waals surface area contributed by atoms with Crippen molar-refractivity contribution < 1.29 is 19.5 Å². The highest BCUT2D eigenvalue weighted by molar-refractivity contribution is 8.00. The van der Waals surface area contributed by atoms with E-state index < -0.39 is 17.1 Å². The van der Waals surface area contributed by atoms with Crippen molar-refractivity contribution in [1.29, 1.82) is 0 Å². The van der Waals surface area contributed by atoms with Crippen LogP contribution in [-0.4, -0.2) is 22.9 Å². The molecule has 0 aliphatic carbocycles. The Kier molecular flexibility index (Phi) is 8.59. The molecule has 1 atom stereocenters. The number of carboxylic acids is 1. The molecule has 6 nitrogen and oxygen atoms in total. The Bertz CT molecular complexity index is 1770. The van der Waals surface area contributed by atoms with Gasteiger partial charge >= 0.3 is 5.97 Å². The number of amides is 2. The molecule has 0 radical (unpaired) electrons. The number of hydrogen-bond acceptors (Lipinski definition) is 4. The largest absolute Gasteiger partial charge is 0.478 e. The van der Waals surface area contributed by atoms with Crippen molar-refractivity contribution in [3.05, 3.63) is 136 Å². The van der Waals surface area contributed by atoms with Gasteiger partial charge in [-0.1, -0.05) is 83.9 Å². The second kappa shape index (κ2) is 12.5. The zero-order valence-electron chi connectivity index (χ0n) is 21.3. The number of aromatic carboxylic acids is 1. The van der Waals surface area contributed by atoms with Crippen LogP contribution in [0.15, 0.2) is 114 Å².